The van der Waals surface area contributed by atoms with Crippen molar-refractivity contribution in [1.82, 2.24) is 15.0 Å². The van der Waals surface area contributed by atoms with E-state index in [1.54, 1.807) is 30.6 Å². The number of halogens is 1. The van der Waals surface area contributed by atoms with Crippen LogP contribution in [0.1, 0.15) is 35.8 Å². The summed E-state index contributed by atoms with van der Waals surface area (Å²) in [6.45, 7) is 3.60. The molecule has 31 heavy (non-hydrogen) atoms. The lowest BCUT2D eigenvalue weighted by molar-refractivity contribution is 0.0989. The minimum atomic E-state index is -0.463. The van der Waals surface area contributed by atoms with Crippen LogP contribution in [0, 0.1) is 5.82 Å². The van der Waals surface area contributed by atoms with Gasteiger partial charge >= 0.3 is 0 Å². The molecule has 4 N–H and O–H groups in total. The van der Waals surface area contributed by atoms with Gasteiger partial charge in [-0.25, -0.2) is 14.4 Å². The van der Waals surface area contributed by atoms with E-state index in [0.29, 0.717) is 6.54 Å². The van der Waals surface area contributed by atoms with E-state index in [4.69, 9.17) is 11.5 Å². The van der Waals surface area contributed by atoms with Gasteiger partial charge in [-0.1, -0.05) is 12.1 Å². The number of carbonyl (C=O) groups is 1. The first kappa shape index (κ1) is 20.9. The number of benzene rings is 1. The molecule has 1 saturated heterocycles. The maximum atomic E-state index is 14.2. The van der Waals surface area contributed by atoms with Crippen LogP contribution < -0.4 is 16.4 Å². The van der Waals surface area contributed by atoms with E-state index in [1.807, 2.05) is 13.0 Å². The van der Waals surface area contributed by atoms with E-state index in [0.717, 1.165) is 30.6 Å². The summed E-state index contributed by atoms with van der Waals surface area (Å²) in [7, 11) is 0. The number of anilines is 2. The molecule has 1 atom stereocenters. The van der Waals surface area contributed by atoms with Crippen LogP contribution in [-0.2, 0) is 6.42 Å². The third kappa shape index (κ3) is 4.54. The highest BCUT2D eigenvalue weighted by Gasteiger charge is 2.28. The molecule has 3 aromatic rings. The van der Waals surface area contributed by atoms with Gasteiger partial charge in [-0.05, 0) is 38.0 Å². The fraction of sp³-hybridized carbons (Fsp3) is 0.304. The Morgan fingerprint density at radius 2 is 2.06 bits per heavy atom. The molecule has 0 amide bonds. The average molecular weight is 420 g/mol. The van der Waals surface area contributed by atoms with Gasteiger partial charge < -0.3 is 16.4 Å². The zero-order chi connectivity index (χ0) is 22.0. The Morgan fingerprint density at radius 1 is 1.26 bits per heavy atom. The highest BCUT2D eigenvalue weighted by molar-refractivity contribution is 6.00. The number of aromatic nitrogens is 3. The Labute approximate surface area is 180 Å². The van der Waals surface area contributed by atoms with Crippen molar-refractivity contribution in [2.45, 2.75) is 31.7 Å². The van der Waals surface area contributed by atoms with Crippen molar-refractivity contribution >= 4 is 17.2 Å². The molecular weight excluding hydrogens is 395 g/mol. The Bertz CT molecular complexity index is 1120. The molecule has 1 aromatic carbocycles. The molecule has 2 aromatic heterocycles. The number of hydrogen-bond acceptors (Lipinski definition) is 7. The van der Waals surface area contributed by atoms with Gasteiger partial charge in [0.25, 0.3) is 0 Å². The fourth-order valence-electron chi connectivity index (χ4n) is 3.98. The smallest absolute Gasteiger partial charge is 0.187 e. The molecule has 160 valence electrons. The van der Waals surface area contributed by atoms with Crippen LogP contribution in [-0.4, -0.2) is 39.4 Å². The minimum Gasteiger partial charge on any atom is -0.396 e. The fourth-order valence-corrected chi connectivity index (χ4v) is 3.98. The predicted octanol–water partition coefficient (Wildman–Crippen LogP) is 3.00. The first-order valence-corrected chi connectivity index (χ1v) is 10.2. The van der Waals surface area contributed by atoms with Crippen molar-refractivity contribution in [2.75, 3.05) is 23.7 Å². The van der Waals surface area contributed by atoms with Gasteiger partial charge in [0.15, 0.2) is 11.6 Å². The number of Topliss-reactive ketones (excluding diaryl/α,β-unsaturated/α-hetero) is 1. The molecule has 8 heteroatoms. The van der Waals surface area contributed by atoms with Gasteiger partial charge in [0.05, 0.1) is 17.4 Å². The van der Waals surface area contributed by atoms with E-state index in [1.165, 1.54) is 12.3 Å². The summed E-state index contributed by atoms with van der Waals surface area (Å²) in [6.07, 6.45) is 6.74. The van der Waals surface area contributed by atoms with Gasteiger partial charge in [-0.3, -0.25) is 9.78 Å². The second-order valence-electron chi connectivity index (χ2n) is 8.26. The Morgan fingerprint density at radius 3 is 2.84 bits per heavy atom. The van der Waals surface area contributed by atoms with Crippen molar-refractivity contribution in [3.05, 3.63) is 66.0 Å². The molecule has 4 rings (SSSR count). The topological polar surface area (TPSA) is 111 Å². The van der Waals surface area contributed by atoms with Crippen molar-refractivity contribution < 1.29 is 9.18 Å². The summed E-state index contributed by atoms with van der Waals surface area (Å²) < 4.78 is 14.2. The van der Waals surface area contributed by atoms with Crippen molar-refractivity contribution in [1.29, 1.82) is 0 Å². The molecule has 7 nitrogen and oxygen atoms in total. The molecular formula is C23H25FN6O. The van der Waals surface area contributed by atoms with Crippen LogP contribution in [0.15, 0.2) is 48.9 Å². The van der Waals surface area contributed by atoms with Gasteiger partial charge in [0, 0.05) is 48.7 Å². The summed E-state index contributed by atoms with van der Waals surface area (Å²) in [5.41, 5.74) is 14.2. The normalized spacial score (nSPS) is 18.7. The van der Waals surface area contributed by atoms with E-state index in [2.05, 4.69) is 19.9 Å². The Hall–Kier alpha value is -3.39. The SMILES string of the molecule is CC1(N)CCCN(c2ccncc2CC(=O)c2nc(-c3ccccc3F)ncc2N)C1. The molecule has 0 saturated carbocycles. The van der Waals surface area contributed by atoms with Gasteiger partial charge in [-0.2, -0.15) is 0 Å². The van der Waals surface area contributed by atoms with Gasteiger partial charge in [0.1, 0.15) is 11.5 Å². The van der Waals surface area contributed by atoms with Crippen LogP contribution in [0.25, 0.3) is 11.4 Å². The first-order chi connectivity index (χ1) is 14.8. The number of piperidine rings is 1. The third-order valence-electron chi connectivity index (χ3n) is 5.49. The second-order valence-corrected chi connectivity index (χ2v) is 8.26. The Kier molecular flexibility index (Phi) is 5.65. The molecule has 1 aliphatic rings. The number of rotatable bonds is 5. The van der Waals surface area contributed by atoms with E-state index in [-0.39, 0.29) is 40.5 Å². The van der Waals surface area contributed by atoms with Crippen molar-refractivity contribution in [3.63, 3.8) is 0 Å². The van der Waals surface area contributed by atoms with Gasteiger partial charge in [-0.15, -0.1) is 0 Å². The maximum absolute atomic E-state index is 14.2. The molecule has 3 heterocycles. The molecule has 0 spiro atoms. The van der Waals surface area contributed by atoms with Crippen LogP contribution >= 0.6 is 0 Å². The quantitative estimate of drug-likeness (QED) is 0.610. The first-order valence-electron chi connectivity index (χ1n) is 10.2. The largest absolute Gasteiger partial charge is 0.396 e. The van der Waals surface area contributed by atoms with Crippen LogP contribution in [0.4, 0.5) is 15.8 Å². The molecule has 0 aliphatic carbocycles. The number of nitrogens with zero attached hydrogens (tertiary/aromatic N) is 4. The van der Waals surface area contributed by atoms with Crippen LogP contribution in [0.2, 0.25) is 0 Å². The van der Waals surface area contributed by atoms with E-state index in [9.17, 15) is 9.18 Å². The standard InChI is InChI=1S/C23H25FN6O/c1-23(26)8-4-10-30(14-23)19-7-9-27-12-15(19)11-20(31)21-18(25)13-28-22(29-21)16-5-2-3-6-17(16)24/h2-3,5-7,9,12-13H,4,8,10-11,14,25-26H2,1H3. The molecule has 1 fully saturated rings. The molecule has 1 aliphatic heterocycles. The summed E-state index contributed by atoms with van der Waals surface area (Å²) in [5, 5.41) is 0. The van der Waals surface area contributed by atoms with E-state index >= 15 is 0 Å². The summed E-state index contributed by atoms with van der Waals surface area (Å²) in [4.78, 5) is 27.9. The zero-order valence-corrected chi connectivity index (χ0v) is 17.4. The maximum Gasteiger partial charge on any atom is 0.187 e. The molecule has 0 bridgehead atoms. The zero-order valence-electron chi connectivity index (χ0n) is 17.4. The average Bonchev–Trinajstić information content (AvgIpc) is 2.74. The molecule has 0 radical (unpaired) electrons. The summed E-state index contributed by atoms with van der Waals surface area (Å²) in [5.74, 6) is -0.619. The number of pyridine rings is 1. The highest BCUT2D eigenvalue weighted by atomic mass is 19.1. The lowest BCUT2D eigenvalue weighted by atomic mass is 9.91. The lowest BCUT2D eigenvalue weighted by Gasteiger charge is -2.39. The van der Waals surface area contributed by atoms with Crippen LogP contribution in [0.3, 0.4) is 0 Å². The van der Waals surface area contributed by atoms with Crippen LogP contribution in [0.5, 0.6) is 0 Å². The van der Waals surface area contributed by atoms with Gasteiger partial charge in [0.2, 0.25) is 0 Å². The highest BCUT2D eigenvalue weighted by Crippen LogP contribution is 2.28. The lowest BCUT2D eigenvalue weighted by Crippen LogP contribution is -2.52. The summed E-state index contributed by atoms with van der Waals surface area (Å²) >= 11 is 0. The monoisotopic (exact) mass is 420 g/mol. The third-order valence-corrected chi connectivity index (χ3v) is 5.49. The second kappa shape index (κ2) is 8.39. The Balaban J connectivity index is 1.63. The number of nitrogens with two attached hydrogens (primary N) is 2. The molecule has 1 unspecified atom stereocenters. The van der Waals surface area contributed by atoms with Crippen molar-refractivity contribution in [2.24, 2.45) is 5.73 Å². The number of hydrogen-bond donors (Lipinski definition) is 2. The number of carbonyl (C=O) groups excluding carboxylic acids is 1. The minimum absolute atomic E-state index is 0.0683. The summed E-state index contributed by atoms with van der Waals surface area (Å²) in [6, 6.07) is 8.05. The van der Waals surface area contributed by atoms with Crippen molar-refractivity contribution in [3.8, 4) is 11.4 Å². The number of ketones is 1. The van der Waals surface area contributed by atoms with E-state index < -0.39 is 5.82 Å². The predicted molar refractivity (Wildman–Crippen MR) is 118 cm³/mol. The number of nitrogen functional groups attached to an aromatic ring is 1.